The quantitative estimate of drug-likeness (QED) is 0.757. The van der Waals surface area contributed by atoms with Crippen molar-refractivity contribution in [3.8, 4) is 0 Å². The van der Waals surface area contributed by atoms with Gasteiger partial charge < -0.3 is 10.5 Å². The van der Waals surface area contributed by atoms with Gasteiger partial charge >= 0.3 is 0 Å². The van der Waals surface area contributed by atoms with Gasteiger partial charge in [0, 0.05) is 18.5 Å². The van der Waals surface area contributed by atoms with Crippen LogP contribution in [0.3, 0.4) is 0 Å². The van der Waals surface area contributed by atoms with Crippen molar-refractivity contribution in [1.29, 1.82) is 0 Å². The molecule has 2 aromatic heterocycles. The Morgan fingerprint density at radius 1 is 1.40 bits per heavy atom. The molecule has 3 rings (SSSR count). The van der Waals surface area contributed by atoms with Crippen LogP contribution in [0.1, 0.15) is 24.8 Å². The zero-order valence-corrected chi connectivity index (χ0v) is 8.26. The molecule has 78 valence electrons. The minimum absolute atomic E-state index is 0.0711. The highest BCUT2D eigenvalue weighted by atomic mass is 16.5. The van der Waals surface area contributed by atoms with Crippen molar-refractivity contribution in [3.05, 3.63) is 24.2 Å². The van der Waals surface area contributed by atoms with E-state index in [1.165, 1.54) is 0 Å². The first-order valence-electron chi connectivity index (χ1n) is 5.06. The van der Waals surface area contributed by atoms with E-state index >= 15 is 0 Å². The third-order valence-corrected chi connectivity index (χ3v) is 2.67. The van der Waals surface area contributed by atoms with E-state index in [9.17, 15) is 0 Å². The fourth-order valence-corrected chi connectivity index (χ4v) is 1.93. The van der Waals surface area contributed by atoms with Gasteiger partial charge in [0.1, 0.15) is 6.10 Å². The molecular weight excluding hydrogens is 192 g/mol. The molecule has 2 aromatic rings. The SMILES string of the molecule is Nc1ccc2nnc(C3CCCO3)n2c1. The van der Waals surface area contributed by atoms with Crippen molar-refractivity contribution in [2.75, 3.05) is 12.3 Å². The molecule has 0 aliphatic carbocycles. The molecule has 5 nitrogen and oxygen atoms in total. The number of nitrogens with zero attached hydrogens (tertiary/aromatic N) is 3. The number of rotatable bonds is 1. The molecule has 1 fully saturated rings. The molecule has 5 heteroatoms. The largest absolute Gasteiger partial charge is 0.398 e. The molecule has 0 saturated carbocycles. The standard InChI is InChI=1S/C10H12N4O/c11-7-3-4-9-12-13-10(14(9)6-7)8-2-1-5-15-8/h3-4,6,8H,1-2,5,11H2. The van der Waals surface area contributed by atoms with Gasteiger partial charge in [-0.1, -0.05) is 0 Å². The van der Waals surface area contributed by atoms with Crippen molar-refractivity contribution >= 4 is 11.3 Å². The third-order valence-electron chi connectivity index (χ3n) is 2.67. The third kappa shape index (κ3) is 1.35. The number of hydrogen-bond donors (Lipinski definition) is 1. The van der Waals surface area contributed by atoms with E-state index in [0.717, 1.165) is 30.9 Å². The molecule has 1 unspecified atom stereocenters. The smallest absolute Gasteiger partial charge is 0.166 e. The van der Waals surface area contributed by atoms with Crippen LogP contribution in [0.25, 0.3) is 5.65 Å². The maximum Gasteiger partial charge on any atom is 0.166 e. The molecule has 15 heavy (non-hydrogen) atoms. The van der Waals surface area contributed by atoms with E-state index in [1.54, 1.807) is 0 Å². The number of fused-ring (bicyclic) bond motifs is 1. The van der Waals surface area contributed by atoms with Gasteiger partial charge in [0.05, 0.1) is 0 Å². The summed E-state index contributed by atoms with van der Waals surface area (Å²) in [5, 5.41) is 8.23. The molecule has 1 aliphatic heterocycles. The minimum atomic E-state index is 0.0711. The Bertz CT molecular complexity index is 487. The zero-order chi connectivity index (χ0) is 10.3. The number of ether oxygens (including phenoxy) is 1. The van der Waals surface area contributed by atoms with Gasteiger partial charge in [-0.15, -0.1) is 10.2 Å². The molecule has 0 amide bonds. The van der Waals surface area contributed by atoms with Crippen LogP contribution in [0.4, 0.5) is 5.69 Å². The summed E-state index contributed by atoms with van der Waals surface area (Å²) in [7, 11) is 0. The van der Waals surface area contributed by atoms with E-state index in [4.69, 9.17) is 10.5 Å². The molecule has 0 aromatic carbocycles. The average molecular weight is 204 g/mol. The monoisotopic (exact) mass is 204 g/mol. The van der Waals surface area contributed by atoms with Crippen molar-refractivity contribution in [1.82, 2.24) is 14.6 Å². The number of anilines is 1. The van der Waals surface area contributed by atoms with Crippen LogP contribution >= 0.6 is 0 Å². The maximum atomic E-state index is 5.73. The van der Waals surface area contributed by atoms with Gasteiger partial charge in [-0.05, 0) is 25.0 Å². The number of hydrogen-bond acceptors (Lipinski definition) is 4. The number of nitrogen functional groups attached to an aromatic ring is 1. The summed E-state index contributed by atoms with van der Waals surface area (Å²) in [6, 6.07) is 3.68. The topological polar surface area (TPSA) is 65.4 Å². The molecule has 0 radical (unpaired) electrons. The van der Waals surface area contributed by atoms with Crippen LogP contribution < -0.4 is 5.73 Å². The van der Waals surface area contributed by atoms with E-state index in [0.29, 0.717) is 5.69 Å². The highest BCUT2D eigenvalue weighted by Gasteiger charge is 2.22. The van der Waals surface area contributed by atoms with Gasteiger partial charge in [-0.3, -0.25) is 4.40 Å². The second kappa shape index (κ2) is 3.20. The van der Waals surface area contributed by atoms with Crippen LogP contribution in [0.5, 0.6) is 0 Å². The van der Waals surface area contributed by atoms with Crippen LogP contribution in [0.15, 0.2) is 18.3 Å². The zero-order valence-electron chi connectivity index (χ0n) is 8.26. The van der Waals surface area contributed by atoms with E-state index in [1.807, 2.05) is 22.7 Å². The average Bonchev–Trinajstić information content (AvgIpc) is 2.83. The molecule has 1 saturated heterocycles. The number of nitrogens with two attached hydrogens (primary N) is 1. The van der Waals surface area contributed by atoms with Crippen LogP contribution in [-0.4, -0.2) is 21.2 Å². The Kier molecular flexibility index (Phi) is 1.85. The number of aromatic nitrogens is 3. The predicted molar refractivity (Wildman–Crippen MR) is 55.3 cm³/mol. The van der Waals surface area contributed by atoms with Crippen molar-refractivity contribution < 1.29 is 4.74 Å². The lowest BCUT2D eigenvalue weighted by Crippen LogP contribution is -2.03. The predicted octanol–water partition coefficient (Wildman–Crippen LogP) is 1.16. The normalized spacial score (nSPS) is 21.2. The summed E-state index contributed by atoms with van der Waals surface area (Å²) in [6.07, 6.45) is 4.01. The first-order chi connectivity index (χ1) is 7.34. The number of pyridine rings is 1. The lowest BCUT2D eigenvalue weighted by molar-refractivity contribution is 0.104. The molecule has 0 bridgehead atoms. The minimum Gasteiger partial charge on any atom is -0.398 e. The van der Waals surface area contributed by atoms with E-state index in [2.05, 4.69) is 10.2 Å². The van der Waals surface area contributed by atoms with Gasteiger partial charge in [-0.25, -0.2) is 0 Å². The summed E-state index contributed by atoms with van der Waals surface area (Å²) in [5.74, 6) is 0.856. The summed E-state index contributed by atoms with van der Waals surface area (Å²) in [5.41, 5.74) is 7.26. The maximum absolute atomic E-state index is 5.73. The highest BCUT2D eigenvalue weighted by Crippen LogP contribution is 2.27. The van der Waals surface area contributed by atoms with Crippen molar-refractivity contribution in [3.63, 3.8) is 0 Å². The Balaban J connectivity index is 2.13. The molecular formula is C10H12N4O. The Hall–Kier alpha value is -1.62. The Labute approximate surface area is 86.9 Å². The van der Waals surface area contributed by atoms with E-state index < -0.39 is 0 Å². The lowest BCUT2D eigenvalue weighted by atomic mass is 10.2. The molecule has 0 spiro atoms. The second-order valence-corrected chi connectivity index (χ2v) is 3.75. The van der Waals surface area contributed by atoms with Crippen molar-refractivity contribution in [2.45, 2.75) is 18.9 Å². The highest BCUT2D eigenvalue weighted by molar-refractivity contribution is 5.47. The molecule has 3 heterocycles. The molecule has 2 N–H and O–H groups in total. The fourth-order valence-electron chi connectivity index (χ4n) is 1.93. The van der Waals surface area contributed by atoms with Gasteiger partial charge in [-0.2, -0.15) is 0 Å². The summed E-state index contributed by atoms with van der Waals surface area (Å²) in [4.78, 5) is 0. The van der Waals surface area contributed by atoms with Crippen LogP contribution in [0, 0.1) is 0 Å². The Morgan fingerprint density at radius 2 is 2.33 bits per heavy atom. The molecule has 1 atom stereocenters. The summed E-state index contributed by atoms with van der Waals surface area (Å²) in [6.45, 7) is 0.807. The van der Waals surface area contributed by atoms with Gasteiger partial charge in [0.15, 0.2) is 11.5 Å². The van der Waals surface area contributed by atoms with Gasteiger partial charge in [0.2, 0.25) is 0 Å². The molecule has 1 aliphatic rings. The van der Waals surface area contributed by atoms with Gasteiger partial charge in [0.25, 0.3) is 0 Å². The fraction of sp³-hybridized carbons (Fsp3) is 0.400. The summed E-state index contributed by atoms with van der Waals surface area (Å²) < 4.78 is 7.49. The second-order valence-electron chi connectivity index (χ2n) is 3.75. The van der Waals surface area contributed by atoms with Crippen molar-refractivity contribution in [2.24, 2.45) is 0 Å². The first kappa shape index (κ1) is 8.67. The van der Waals surface area contributed by atoms with Crippen LogP contribution in [-0.2, 0) is 4.74 Å². The first-order valence-corrected chi connectivity index (χ1v) is 5.06. The van der Waals surface area contributed by atoms with E-state index in [-0.39, 0.29) is 6.10 Å². The van der Waals surface area contributed by atoms with Crippen LogP contribution in [0.2, 0.25) is 0 Å². The lowest BCUT2D eigenvalue weighted by Gasteiger charge is -2.06. The summed E-state index contributed by atoms with van der Waals surface area (Å²) >= 11 is 0. The Morgan fingerprint density at radius 3 is 3.13 bits per heavy atom.